The quantitative estimate of drug-likeness (QED) is 0.423. The van der Waals surface area contributed by atoms with Crippen molar-refractivity contribution in [3.63, 3.8) is 0 Å². The molecule has 1 fully saturated rings. The van der Waals surface area contributed by atoms with Gasteiger partial charge in [-0.2, -0.15) is 4.31 Å². The molecular weight excluding hydrogens is 426 g/mol. The Morgan fingerprint density at radius 3 is 2.45 bits per heavy atom. The minimum Gasteiger partial charge on any atom is -0.393 e. The Morgan fingerprint density at radius 1 is 1.24 bits per heavy atom. The van der Waals surface area contributed by atoms with Crippen molar-refractivity contribution >= 4 is 21.7 Å². The second kappa shape index (κ2) is 8.77. The summed E-state index contributed by atoms with van der Waals surface area (Å²) in [6, 6.07) is -0.669. The molecule has 0 saturated heterocycles. The summed E-state index contributed by atoms with van der Waals surface area (Å²) in [5.74, 6) is -0.563. The minimum atomic E-state index is -4.92. The van der Waals surface area contributed by atoms with Crippen molar-refractivity contribution in [2.75, 3.05) is 6.61 Å². The Labute approximate surface area is 170 Å². The number of hydrogen-bond donors (Lipinski definition) is 4. The average Bonchev–Trinajstić information content (AvgIpc) is 2.86. The lowest BCUT2D eigenvalue weighted by Crippen LogP contribution is -2.49. The Kier molecular flexibility index (Phi) is 7.41. The third-order valence-electron chi connectivity index (χ3n) is 4.67. The second-order valence-electron chi connectivity index (χ2n) is 8.42. The Hall–Kier alpha value is -0.770. The number of urea groups is 1. The summed E-state index contributed by atoms with van der Waals surface area (Å²) in [4.78, 5) is 33.1. The van der Waals surface area contributed by atoms with Crippen molar-refractivity contribution in [2.24, 2.45) is 5.92 Å². The van der Waals surface area contributed by atoms with Crippen molar-refractivity contribution in [1.29, 1.82) is 0 Å². The molecule has 168 valence electrons. The van der Waals surface area contributed by atoms with Gasteiger partial charge in [0.1, 0.15) is 0 Å². The van der Waals surface area contributed by atoms with Crippen molar-refractivity contribution in [2.45, 2.75) is 71.2 Å². The van der Waals surface area contributed by atoms with E-state index in [0.29, 0.717) is 6.42 Å². The number of carbonyl (C=O) groups is 1. The van der Waals surface area contributed by atoms with Crippen LogP contribution in [0, 0.1) is 5.92 Å². The van der Waals surface area contributed by atoms with Gasteiger partial charge in [-0.15, -0.1) is 0 Å². The zero-order valence-electron chi connectivity index (χ0n) is 17.1. The van der Waals surface area contributed by atoms with E-state index in [1.54, 1.807) is 6.20 Å². The van der Waals surface area contributed by atoms with E-state index in [1.807, 2.05) is 13.8 Å². The molecule has 0 bridgehead atoms. The molecule has 13 heteroatoms. The van der Waals surface area contributed by atoms with Gasteiger partial charge in [0.25, 0.3) is 0 Å². The molecule has 0 aromatic heterocycles. The van der Waals surface area contributed by atoms with Crippen LogP contribution in [-0.4, -0.2) is 56.2 Å². The molecule has 2 aliphatic rings. The fraction of sp³-hybridized carbons (Fsp3) is 0.812. The summed E-state index contributed by atoms with van der Waals surface area (Å²) in [6.45, 7) is 7.79. The van der Waals surface area contributed by atoms with E-state index in [4.69, 9.17) is 9.05 Å². The first kappa shape index (κ1) is 24.5. The molecule has 0 aromatic rings. The molecular formula is C16H30N2O9P2. The number of carbonyl (C=O) groups excluding carboxylic acids is 1. The molecule has 0 aromatic carbocycles. The van der Waals surface area contributed by atoms with Crippen LogP contribution in [0.25, 0.3) is 0 Å². The smallest absolute Gasteiger partial charge is 0.393 e. The van der Waals surface area contributed by atoms with E-state index < -0.39 is 39.9 Å². The van der Waals surface area contributed by atoms with Crippen LogP contribution in [0.4, 0.5) is 4.79 Å². The normalized spacial score (nSPS) is 32.3. The maximum absolute atomic E-state index is 12.2. The molecule has 2 amide bonds. The van der Waals surface area contributed by atoms with E-state index in [-0.39, 0.29) is 24.5 Å². The summed E-state index contributed by atoms with van der Waals surface area (Å²) in [7, 11) is -9.75. The van der Waals surface area contributed by atoms with Crippen LogP contribution in [0.1, 0.15) is 47.5 Å². The van der Waals surface area contributed by atoms with Crippen LogP contribution in [0.3, 0.4) is 0 Å². The van der Waals surface area contributed by atoms with Crippen LogP contribution >= 0.6 is 15.6 Å². The van der Waals surface area contributed by atoms with Gasteiger partial charge in [-0.25, -0.2) is 13.9 Å². The molecule has 1 aliphatic heterocycles. The molecule has 0 radical (unpaired) electrons. The third-order valence-corrected chi connectivity index (χ3v) is 7.58. The summed E-state index contributed by atoms with van der Waals surface area (Å²) in [5, 5.41) is 13.1. The molecule has 6 atom stereocenters. The topological polar surface area (TPSA) is 155 Å². The lowest BCUT2D eigenvalue weighted by molar-refractivity contribution is 0.0639. The Balaban J connectivity index is 1.95. The number of nitrogens with one attached hydrogen (secondary N) is 1. The van der Waals surface area contributed by atoms with Gasteiger partial charge in [0.15, 0.2) is 0 Å². The number of amides is 2. The molecule has 0 spiro atoms. The predicted molar refractivity (Wildman–Crippen MR) is 104 cm³/mol. The van der Waals surface area contributed by atoms with Gasteiger partial charge in [0.2, 0.25) is 0 Å². The first-order chi connectivity index (χ1) is 13.1. The predicted octanol–water partition coefficient (Wildman–Crippen LogP) is 2.49. The highest BCUT2D eigenvalue weighted by molar-refractivity contribution is 7.61. The number of phosphoric ester groups is 2. The van der Waals surface area contributed by atoms with Gasteiger partial charge in [-0.3, -0.25) is 13.9 Å². The number of rotatable bonds is 7. The van der Waals surface area contributed by atoms with Crippen molar-refractivity contribution in [1.82, 2.24) is 10.2 Å². The number of phosphoric acid groups is 2. The van der Waals surface area contributed by atoms with E-state index in [9.17, 15) is 28.8 Å². The van der Waals surface area contributed by atoms with E-state index in [0.717, 1.165) is 5.57 Å². The molecule has 11 nitrogen and oxygen atoms in total. The Bertz CT molecular complexity index is 751. The van der Waals surface area contributed by atoms with Crippen LogP contribution in [-0.2, 0) is 22.5 Å². The molecule has 4 N–H and O–H groups in total. The highest BCUT2D eigenvalue weighted by Gasteiger charge is 2.42. The highest BCUT2D eigenvalue weighted by atomic mass is 31.3. The highest BCUT2D eigenvalue weighted by Crippen LogP contribution is 2.62. The van der Waals surface area contributed by atoms with Gasteiger partial charge in [-0.05, 0) is 53.0 Å². The summed E-state index contributed by atoms with van der Waals surface area (Å²) < 4.78 is 37.7. The summed E-state index contributed by atoms with van der Waals surface area (Å²) in [5.41, 5.74) is -0.123. The van der Waals surface area contributed by atoms with Gasteiger partial charge in [0.05, 0.1) is 24.4 Å². The zero-order valence-corrected chi connectivity index (χ0v) is 18.9. The molecule has 29 heavy (non-hydrogen) atoms. The zero-order chi connectivity index (χ0) is 22.2. The Morgan fingerprint density at radius 2 is 1.86 bits per heavy atom. The minimum absolute atomic E-state index is 0.0777. The maximum Gasteiger partial charge on any atom is 0.481 e. The lowest BCUT2D eigenvalue weighted by atomic mass is 10.1. The average molecular weight is 456 g/mol. The first-order valence-electron chi connectivity index (χ1n) is 9.26. The SMILES string of the molecule is CC1=CN(C2CC(O)C(COP(=O)(O)OP(=O)(O)OC(C)(C)C)C2)C(=O)NC1C. The second-order valence-corrected chi connectivity index (χ2v) is 11.4. The number of hydrogen-bond acceptors (Lipinski definition) is 7. The summed E-state index contributed by atoms with van der Waals surface area (Å²) >= 11 is 0. The van der Waals surface area contributed by atoms with Gasteiger partial charge < -0.3 is 20.2 Å². The van der Waals surface area contributed by atoms with Gasteiger partial charge in [0, 0.05) is 18.2 Å². The third kappa shape index (κ3) is 7.15. The largest absolute Gasteiger partial charge is 0.481 e. The fourth-order valence-corrected chi connectivity index (χ4v) is 5.66. The fourth-order valence-electron chi connectivity index (χ4n) is 3.22. The standard InChI is InChI=1S/C16H30N2O9P2/c1-10-8-18(15(20)17-11(10)2)13-6-12(14(19)7-13)9-25-28(21,22)27-29(23,24)26-16(3,4)5/h8,11-14,19H,6-7,9H2,1-5H3,(H,17,20)(H,21,22)(H,23,24). The molecule has 6 unspecified atom stereocenters. The maximum atomic E-state index is 12.2. The van der Waals surface area contributed by atoms with Gasteiger partial charge >= 0.3 is 21.7 Å². The van der Waals surface area contributed by atoms with E-state index >= 15 is 0 Å². The monoisotopic (exact) mass is 456 g/mol. The summed E-state index contributed by atoms with van der Waals surface area (Å²) in [6.07, 6.45) is 1.44. The van der Waals surface area contributed by atoms with Crippen molar-refractivity contribution in [3.8, 4) is 0 Å². The number of aliphatic hydroxyl groups is 1. The number of nitrogens with zero attached hydrogens (tertiary/aromatic N) is 1. The molecule has 1 heterocycles. The number of aliphatic hydroxyl groups excluding tert-OH is 1. The van der Waals surface area contributed by atoms with Crippen LogP contribution in [0.2, 0.25) is 0 Å². The van der Waals surface area contributed by atoms with Crippen molar-refractivity contribution < 1.29 is 42.2 Å². The molecule has 1 saturated carbocycles. The van der Waals surface area contributed by atoms with Gasteiger partial charge in [-0.1, -0.05) is 0 Å². The first-order valence-corrected chi connectivity index (χ1v) is 12.2. The van der Waals surface area contributed by atoms with E-state index in [1.165, 1.54) is 25.7 Å². The van der Waals surface area contributed by atoms with Crippen LogP contribution in [0.15, 0.2) is 11.8 Å². The molecule has 2 rings (SSSR count). The van der Waals surface area contributed by atoms with Crippen LogP contribution in [0.5, 0.6) is 0 Å². The van der Waals surface area contributed by atoms with Crippen LogP contribution < -0.4 is 5.32 Å². The van der Waals surface area contributed by atoms with Crippen molar-refractivity contribution in [3.05, 3.63) is 11.8 Å². The van der Waals surface area contributed by atoms with E-state index in [2.05, 4.69) is 9.63 Å². The molecule has 1 aliphatic carbocycles. The lowest BCUT2D eigenvalue weighted by Gasteiger charge is -2.33.